The highest BCUT2D eigenvalue weighted by Crippen LogP contribution is 2.15. The molecule has 5 heteroatoms. The third kappa shape index (κ3) is 5.40. The molecule has 1 amide bonds. The molecule has 0 saturated carbocycles. The van der Waals surface area contributed by atoms with Gasteiger partial charge in [0.2, 0.25) is 5.91 Å². The lowest BCUT2D eigenvalue weighted by Crippen LogP contribution is -2.25. The fourth-order valence-electron chi connectivity index (χ4n) is 1.81. The van der Waals surface area contributed by atoms with Crippen molar-refractivity contribution in [2.45, 2.75) is 13.0 Å². The van der Waals surface area contributed by atoms with E-state index in [1.807, 2.05) is 48.5 Å². The van der Waals surface area contributed by atoms with E-state index < -0.39 is 0 Å². The number of nitrogens with one attached hydrogen (secondary N) is 2. The Morgan fingerprint density at radius 2 is 1.81 bits per heavy atom. The third-order valence-electron chi connectivity index (χ3n) is 2.96. The Kier molecular flexibility index (Phi) is 6.08. The molecule has 0 heterocycles. The van der Waals surface area contributed by atoms with Gasteiger partial charge in [-0.2, -0.15) is 0 Å². The van der Waals surface area contributed by atoms with Crippen molar-refractivity contribution < 1.29 is 4.79 Å². The molecule has 110 valence electrons. The van der Waals surface area contributed by atoms with Crippen molar-refractivity contribution in [1.82, 2.24) is 5.32 Å². The Morgan fingerprint density at radius 3 is 2.52 bits per heavy atom. The summed E-state index contributed by atoms with van der Waals surface area (Å²) in [6, 6.07) is 15.3. The molecule has 0 aliphatic carbocycles. The molecule has 2 N–H and O–H groups in total. The first kappa shape index (κ1) is 15.9. The van der Waals surface area contributed by atoms with Crippen LogP contribution in [0.1, 0.15) is 12.0 Å². The van der Waals surface area contributed by atoms with Crippen molar-refractivity contribution in [2.24, 2.45) is 0 Å². The molecule has 0 saturated heterocycles. The van der Waals surface area contributed by atoms with Crippen LogP contribution in [-0.2, 0) is 11.3 Å². The molecule has 0 atom stereocenters. The molecule has 0 fully saturated rings. The largest absolute Gasteiger partial charge is 0.385 e. The fourth-order valence-corrected chi connectivity index (χ4v) is 2.28. The van der Waals surface area contributed by atoms with Crippen LogP contribution in [0.25, 0.3) is 0 Å². The summed E-state index contributed by atoms with van der Waals surface area (Å²) in [5.41, 5.74) is 1.92. The summed E-state index contributed by atoms with van der Waals surface area (Å²) in [6.45, 7) is 1.05. The Labute approximate surface area is 137 Å². The van der Waals surface area contributed by atoms with Crippen LogP contribution >= 0.6 is 27.5 Å². The van der Waals surface area contributed by atoms with Gasteiger partial charge in [-0.15, -0.1) is 0 Å². The maximum absolute atomic E-state index is 11.8. The number of amides is 1. The smallest absolute Gasteiger partial charge is 0.222 e. The Hall–Kier alpha value is -1.52. The van der Waals surface area contributed by atoms with E-state index in [1.165, 1.54) is 0 Å². The number of carbonyl (C=O) groups is 1. The predicted molar refractivity (Wildman–Crippen MR) is 90.5 cm³/mol. The van der Waals surface area contributed by atoms with Crippen LogP contribution in [0.3, 0.4) is 0 Å². The summed E-state index contributed by atoms with van der Waals surface area (Å²) in [5.74, 6) is -0.000434. The summed E-state index contributed by atoms with van der Waals surface area (Å²) in [4.78, 5) is 11.8. The lowest BCUT2D eigenvalue weighted by atomic mass is 10.2. The van der Waals surface area contributed by atoms with Gasteiger partial charge in [-0.05, 0) is 35.9 Å². The monoisotopic (exact) mass is 366 g/mol. The fraction of sp³-hybridized carbons (Fsp3) is 0.188. The maximum atomic E-state index is 11.8. The summed E-state index contributed by atoms with van der Waals surface area (Å²) >= 11 is 9.42. The third-order valence-corrected chi connectivity index (χ3v) is 3.86. The molecule has 0 unspecified atom stereocenters. The molecule has 2 aromatic carbocycles. The standard InChI is InChI=1S/C16H16BrClN2O/c17-13-5-7-14(8-6-13)19-10-9-16(21)20-11-12-3-1-2-4-15(12)18/h1-8,19H,9-11H2,(H,20,21). The molecule has 0 spiro atoms. The minimum absolute atomic E-state index is 0.000434. The van der Waals surface area contributed by atoms with E-state index in [2.05, 4.69) is 26.6 Å². The van der Waals surface area contributed by atoms with Crippen LogP contribution in [0.2, 0.25) is 5.02 Å². The van der Waals surface area contributed by atoms with E-state index in [4.69, 9.17) is 11.6 Å². The van der Waals surface area contributed by atoms with Crippen molar-refractivity contribution in [3.63, 3.8) is 0 Å². The minimum atomic E-state index is -0.000434. The van der Waals surface area contributed by atoms with E-state index in [-0.39, 0.29) is 5.91 Å². The van der Waals surface area contributed by atoms with Crippen molar-refractivity contribution in [2.75, 3.05) is 11.9 Å². The van der Waals surface area contributed by atoms with Crippen LogP contribution < -0.4 is 10.6 Å². The Balaban J connectivity index is 1.70. The first-order valence-corrected chi connectivity index (χ1v) is 7.82. The van der Waals surface area contributed by atoms with E-state index in [1.54, 1.807) is 0 Å². The summed E-state index contributed by atoms with van der Waals surface area (Å²) in [6.07, 6.45) is 0.417. The zero-order valence-electron chi connectivity index (χ0n) is 11.4. The molecule has 0 aromatic heterocycles. The lowest BCUT2D eigenvalue weighted by Gasteiger charge is -2.08. The van der Waals surface area contributed by atoms with Crippen LogP contribution in [0.15, 0.2) is 53.0 Å². The van der Waals surface area contributed by atoms with Crippen molar-refractivity contribution in [1.29, 1.82) is 0 Å². The summed E-state index contributed by atoms with van der Waals surface area (Å²) in [5, 5.41) is 6.74. The predicted octanol–water partition coefficient (Wildman–Crippen LogP) is 4.22. The SMILES string of the molecule is O=C(CCNc1ccc(Br)cc1)NCc1ccccc1Cl. The molecule has 0 aliphatic rings. The van der Waals surface area contributed by atoms with Gasteiger partial charge < -0.3 is 10.6 Å². The summed E-state index contributed by atoms with van der Waals surface area (Å²) in [7, 11) is 0. The molecule has 2 rings (SSSR count). The Morgan fingerprint density at radius 1 is 1.10 bits per heavy atom. The number of halogens is 2. The molecule has 0 radical (unpaired) electrons. The lowest BCUT2D eigenvalue weighted by molar-refractivity contribution is -0.121. The van der Waals surface area contributed by atoms with Gasteiger partial charge in [-0.25, -0.2) is 0 Å². The number of hydrogen-bond donors (Lipinski definition) is 2. The molecule has 0 aliphatic heterocycles. The number of anilines is 1. The highest BCUT2D eigenvalue weighted by Gasteiger charge is 2.03. The van der Waals surface area contributed by atoms with Crippen molar-refractivity contribution in [3.05, 3.63) is 63.6 Å². The second kappa shape index (κ2) is 8.05. The number of benzene rings is 2. The van der Waals surface area contributed by atoms with E-state index in [0.717, 1.165) is 15.7 Å². The van der Waals surface area contributed by atoms with Crippen molar-refractivity contribution >= 4 is 39.1 Å². The Bertz CT molecular complexity index is 601. The van der Waals surface area contributed by atoms with Gasteiger partial charge in [-0.1, -0.05) is 45.7 Å². The van der Waals surface area contributed by atoms with Gasteiger partial charge in [0.15, 0.2) is 0 Å². The van der Waals surface area contributed by atoms with Gasteiger partial charge in [0.25, 0.3) is 0 Å². The molecule has 21 heavy (non-hydrogen) atoms. The van der Waals surface area contributed by atoms with Crippen molar-refractivity contribution in [3.8, 4) is 0 Å². The number of hydrogen-bond acceptors (Lipinski definition) is 2. The number of rotatable bonds is 6. The topological polar surface area (TPSA) is 41.1 Å². The molecular weight excluding hydrogens is 352 g/mol. The highest BCUT2D eigenvalue weighted by molar-refractivity contribution is 9.10. The second-order valence-corrected chi connectivity index (χ2v) is 5.87. The van der Waals surface area contributed by atoms with Crippen LogP contribution in [0.5, 0.6) is 0 Å². The first-order chi connectivity index (χ1) is 10.1. The molecule has 2 aromatic rings. The molecule has 0 bridgehead atoms. The zero-order chi connectivity index (χ0) is 15.1. The van der Waals surface area contributed by atoms with Crippen LogP contribution in [0.4, 0.5) is 5.69 Å². The maximum Gasteiger partial charge on any atom is 0.222 e. The van der Waals surface area contributed by atoms with E-state index in [9.17, 15) is 4.79 Å². The van der Waals surface area contributed by atoms with Crippen LogP contribution in [-0.4, -0.2) is 12.5 Å². The van der Waals surface area contributed by atoms with E-state index >= 15 is 0 Å². The minimum Gasteiger partial charge on any atom is -0.385 e. The van der Waals surface area contributed by atoms with Gasteiger partial charge in [0.1, 0.15) is 0 Å². The quantitative estimate of drug-likeness (QED) is 0.802. The normalized spacial score (nSPS) is 10.2. The average Bonchev–Trinajstić information content (AvgIpc) is 2.48. The average molecular weight is 368 g/mol. The first-order valence-electron chi connectivity index (χ1n) is 6.65. The van der Waals surface area contributed by atoms with Gasteiger partial charge in [-0.3, -0.25) is 4.79 Å². The zero-order valence-corrected chi connectivity index (χ0v) is 13.7. The molecular formula is C16H16BrClN2O. The van der Waals surface area contributed by atoms with Crippen LogP contribution in [0, 0.1) is 0 Å². The van der Waals surface area contributed by atoms with Gasteiger partial charge >= 0.3 is 0 Å². The van der Waals surface area contributed by atoms with Gasteiger partial charge in [0.05, 0.1) is 0 Å². The molecule has 3 nitrogen and oxygen atoms in total. The van der Waals surface area contributed by atoms with Gasteiger partial charge in [0, 0.05) is 34.7 Å². The van der Waals surface area contributed by atoms with E-state index in [0.29, 0.717) is 24.5 Å². The highest BCUT2D eigenvalue weighted by atomic mass is 79.9. The number of carbonyl (C=O) groups excluding carboxylic acids is 1. The second-order valence-electron chi connectivity index (χ2n) is 4.55. The summed E-state index contributed by atoms with van der Waals surface area (Å²) < 4.78 is 1.03.